The van der Waals surface area contributed by atoms with Gasteiger partial charge in [0.05, 0.1) is 0 Å². The first-order chi connectivity index (χ1) is 8.40. The van der Waals surface area contributed by atoms with Crippen molar-refractivity contribution in [2.24, 2.45) is 5.92 Å². The van der Waals surface area contributed by atoms with E-state index in [-0.39, 0.29) is 11.8 Å². The maximum absolute atomic E-state index is 11.9. The summed E-state index contributed by atoms with van der Waals surface area (Å²) in [5, 5.41) is 11.6. The summed E-state index contributed by atoms with van der Waals surface area (Å²) >= 11 is 3.27. The first-order valence-corrected chi connectivity index (χ1v) is 6.48. The smallest absolute Gasteiger partial charge is 0.326 e. The number of aliphatic carboxylic acids is 1. The quantitative estimate of drug-likeness (QED) is 0.878. The zero-order chi connectivity index (χ0) is 13.7. The van der Waals surface area contributed by atoms with E-state index < -0.39 is 12.0 Å². The van der Waals surface area contributed by atoms with E-state index >= 15 is 0 Å². The lowest BCUT2D eigenvalue weighted by Gasteiger charge is -2.16. The number of hydrogen-bond donors (Lipinski definition) is 2. The van der Waals surface area contributed by atoms with Crippen LogP contribution in [0, 0.1) is 5.92 Å². The molecule has 1 amide bonds. The zero-order valence-electron chi connectivity index (χ0n) is 10.3. The van der Waals surface area contributed by atoms with Crippen LogP contribution in [0.15, 0.2) is 28.7 Å². The fourth-order valence-electron chi connectivity index (χ4n) is 1.56. The molecular weight excluding hydrogens is 298 g/mol. The van der Waals surface area contributed by atoms with Gasteiger partial charge < -0.3 is 10.4 Å². The van der Waals surface area contributed by atoms with Crippen molar-refractivity contribution in [2.45, 2.75) is 26.3 Å². The molecule has 5 heteroatoms. The van der Waals surface area contributed by atoms with E-state index in [4.69, 9.17) is 5.11 Å². The van der Waals surface area contributed by atoms with Crippen molar-refractivity contribution in [3.8, 4) is 0 Å². The monoisotopic (exact) mass is 313 g/mol. The summed E-state index contributed by atoms with van der Waals surface area (Å²) in [6.45, 7) is 3.84. The van der Waals surface area contributed by atoms with Gasteiger partial charge in [0, 0.05) is 10.0 Å². The topological polar surface area (TPSA) is 66.4 Å². The molecule has 1 aromatic carbocycles. The fraction of sp³-hybridized carbons (Fsp3) is 0.385. The van der Waals surface area contributed by atoms with Crippen LogP contribution in [0.25, 0.3) is 0 Å². The highest BCUT2D eigenvalue weighted by Crippen LogP contribution is 2.12. The van der Waals surface area contributed by atoms with E-state index in [1.807, 2.05) is 13.8 Å². The van der Waals surface area contributed by atoms with Crippen molar-refractivity contribution in [1.82, 2.24) is 5.32 Å². The number of carboxylic acids is 1. The van der Waals surface area contributed by atoms with Gasteiger partial charge in [-0.3, -0.25) is 4.79 Å². The van der Waals surface area contributed by atoms with Crippen LogP contribution in [-0.2, 0) is 4.79 Å². The molecule has 0 unspecified atom stereocenters. The molecule has 0 fully saturated rings. The molecule has 1 rings (SSSR count). The van der Waals surface area contributed by atoms with Crippen molar-refractivity contribution in [3.05, 3.63) is 34.3 Å². The minimum Gasteiger partial charge on any atom is -0.480 e. The second kappa shape index (κ2) is 6.54. The van der Waals surface area contributed by atoms with Crippen LogP contribution in [0.2, 0.25) is 0 Å². The lowest BCUT2D eigenvalue weighted by atomic mass is 10.0. The number of amides is 1. The number of nitrogens with one attached hydrogen (secondary N) is 1. The van der Waals surface area contributed by atoms with Crippen molar-refractivity contribution in [3.63, 3.8) is 0 Å². The van der Waals surface area contributed by atoms with Crippen LogP contribution in [-0.4, -0.2) is 23.0 Å². The van der Waals surface area contributed by atoms with E-state index in [0.717, 1.165) is 4.47 Å². The fourth-order valence-corrected chi connectivity index (χ4v) is 1.96. The van der Waals surface area contributed by atoms with Crippen molar-refractivity contribution in [1.29, 1.82) is 0 Å². The Morgan fingerprint density at radius 1 is 1.39 bits per heavy atom. The third-order valence-electron chi connectivity index (χ3n) is 2.40. The van der Waals surface area contributed by atoms with Crippen LogP contribution < -0.4 is 5.32 Å². The standard InChI is InChI=1S/C13H16BrNO3/c1-8(2)6-11(13(17)18)15-12(16)9-4-3-5-10(14)7-9/h3-5,7-8,11H,6H2,1-2H3,(H,15,16)(H,17,18)/t11-/m0/s1. The molecule has 0 aromatic heterocycles. The molecule has 2 N–H and O–H groups in total. The molecule has 1 atom stereocenters. The number of rotatable bonds is 5. The first-order valence-electron chi connectivity index (χ1n) is 5.69. The Bertz CT molecular complexity index is 446. The number of benzene rings is 1. The van der Waals surface area contributed by atoms with Crippen LogP contribution >= 0.6 is 15.9 Å². The largest absolute Gasteiger partial charge is 0.480 e. The zero-order valence-corrected chi connectivity index (χ0v) is 11.9. The summed E-state index contributed by atoms with van der Waals surface area (Å²) in [5.41, 5.74) is 0.444. The van der Waals surface area contributed by atoms with E-state index in [0.29, 0.717) is 12.0 Å². The molecule has 98 valence electrons. The van der Waals surface area contributed by atoms with Gasteiger partial charge in [0.1, 0.15) is 6.04 Å². The average Bonchev–Trinajstić information content (AvgIpc) is 2.27. The minimum absolute atomic E-state index is 0.203. The number of carboxylic acid groups (broad SMARTS) is 1. The van der Waals surface area contributed by atoms with Crippen LogP contribution in [0.3, 0.4) is 0 Å². The van der Waals surface area contributed by atoms with Gasteiger partial charge in [0.25, 0.3) is 5.91 Å². The summed E-state index contributed by atoms with van der Waals surface area (Å²) in [6.07, 6.45) is 0.412. The Hall–Kier alpha value is -1.36. The maximum atomic E-state index is 11.9. The molecule has 1 aromatic rings. The van der Waals surface area contributed by atoms with Gasteiger partial charge in [-0.05, 0) is 30.5 Å². The summed E-state index contributed by atoms with van der Waals surface area (Å²) in [4.78, 5) is 22.9. The number of carbonyl (C=O) groups is 2. The number of halogens is 1. The molecule has 0 saturated carbocycles. The molecule has 0 bridgehead atoms. The van der Waals surface area contributed by atoms with Gasteiger partial charge in [0.15, 0.2) is 0 Å². The third-order valence-corrected chi connectivity index (χ3v) is 2.89. The van der Waals surface area contributed by atoms with Crippen molar-refractivity contribution >= 4 is 27.8 Å². The molecule has 0 saturated heterocycles. The summed E-state index contributed by atoms with van der Waals surface area (Å²) < 4.78 is 0.783. The normalized spacial score (nSPS) is 12.2. The molecule has 0 radical (unpaired) electrons. The van der Waals surface area contributed by atoms with Crippen LogP contribution in [0.5, 0.6) is 0 Å². The summed E-state index contributed by atoms with van der Waals surface area (Å²) in [7, 11) is 0. The predicted molar refractivity (Wildman–Crippen MR) is 72.5 cm³/mol. The molecule has 0 spiro atoms. The highest BCUT2D eigenvalue weighted by Gasteiger charge is 2.21. The first kappa shape index (κ1) is 14.7. The Balaban J connectivity index is 2.75. The molecule has 0 heterocycles. The van der Waals surface area contributed by atoms with Gasteiger partial charge in [-0.15, -0.1) is 0 Å². The Labute approximate surface area is 115 Å². The Morgan fingerprint density at radius 2 is 2.06 bits per heavy atom. The molecule has 0 aliphatic rings. The van der Waals surface area contributed by atoms with E-state index in [2.05, 4.69) is 21.2 Å². The Morgan fingerprint density at radius 3 is 2.56 bits per heavy atom. The van der Waals surface area contributed by atoms with Gasteiger partial charge >= 0.3 is 5.97 Å². The molecule has 0 aliphatic heterocycles. The van der Waals surface area contributed by atoms with E-state index in [9.17, 15) is 9.59 Å². The Kier molecular flexibility index (Phi) is 5.34. The maximum Gasteiger partial charge on any atom is 0.326 e. The van der Waals surface area contributed by atoms with E-state index in [1.165, 1.54) is 0 Å². The van der Waals surface area contributed by atoms with Crippen molar-refractivity contribution < 1.29 is 14.7 Å². The molecule has 18 heavy (non-hydrogen) atoms. The van der Waals surface area contributed by atoms with Gasteiger partial charge in [-0.2, -0.15) is 0 Å². The van der Waals surface area contributed by atoms with Gasteiger partial charge in [-0.25, -0.2) is 4.79 Å². The SMILES string of the molecule is CC(C)C[C@H](NC(=O)c1cccc(Br)c1)C(=O)O. The lowest BCUT2D eigenvalue weighted by molar-refractivity contribution is -0.139. The van der Waals surface area contributed by atoms with Crippen LogP contribution in [0.1, 0.15) is 30.6 Å². The van der Waals surface area contributed by atoms with Crippen molar-refractivity contribution in [2.75, 3.05) is 0 Å². The molecule has 4 nitrogen and oxygen atoms in total. The highest BCUT2D eigenvalue weighted by molar-refractivity contribution is 9.10. The second-order valence-electron chi connectivity index (χ2n) is 4.50. The average molecular weight is 314 g/mol. The predicted octanol–water partition coefficient (Wildman–Crippen LogP) is 2.68. The molecule has 0 aliphatic carbocycles. The summed E-state index contributed by atoms with van der Waals surface area (Å²) in [5.74, 6) is -1.18. The third kappa shape index (κ3) is 4.49. The van der Waals surface area contributed by atoms with Gasteiger partial charge in [0.2, 0.25) is 0 Å². The van der Waals surface area contributed by atoms with Crippen LogP contribution in [0.4, 0.5) is 0 Å². The number of carbonyl (C=O) groups excluding carboxylic acids is 1. The number of hydrogen-bond acceptors (Lipinski definition) is 2. The second-order valence-corrected chi connectivity index (χ2v) is 5.42. The summed E-state index contributed by atoms with van der Waals surface area (Å²) in [6, 6.07) is 5.99. The van der Waals surface area contributed by atoms with E-state index in [1.54, 1.807) is 24.3 Å². The highest BCUT2D eigenvalue weighted by atomic mass is 79.9. The minimum atomic E-state index is -1.01. The molecular formula is C13H16BrNO3. The lowest BCUT2D eigenvalue weighted by Crippen LogP contribution is -2.41. The van der Waals surface area contributed by atoms with Gasteiger partial charge in [-0.1, -0.05) is 35.8 Å².